The second kappa shape index (κ2) is 18.3. The summed E-state index contributed by atoms with van der Waals surface area (Å²) >= 11 is 1.82. The van der Waals surface area contributed by atoms with Gasteiger partial charge in [0.15, 0.2) is 0 Å². The van der Waals surface area contributed by atoms with Crippen LogP contribution in [-0.2, 0) is 0 Å². The van der Waals surface area contributed by atoms with Crippen LogP contribution < -0.4 is 0 Å². The fourth-order valence-electron chi connectivity index (χ4n) is 12.2. The molecule has 0 bridgehead atoms. The van der Waals surface area contributed by atoms with Gasteiger partial charge in [0.1, 0.15) is 5.82 Å². The minimum Gasteiger partial charge on any atom is -0.294 e. The van der Waals surface area contributed by atoms with Crippen LogP contribution in [0.2, 0.25) is 0 Å². The smallest absolute Gasteiger partial charge is 0.235 e. The first-order valence-corrected chi connectivity index (χ1v) is 28.2. The third kappa shape index (κ3) is 7.32. The number of para-hydroxylation sites is 4. The SMILES string of the molecule is c1ccc(-c2cc(-c3ccc4sc5ccccc5c4c3)nc(-n3c4ccccc4c4cc5c(cc43)c3ccccc3n5-c3nc(-c4ccccc4)cc(-c4cccc(-c5cccc(-n6c7ccccc7c7ccccc76)n5)n4)n3)n2)cc1. The molecule has 8 heterocycles. The summed E-state index contributed by atoms with van der Waals surface area (Å²) in [7, 11) is 0. The monoisotopic (exact) mass is 1070 g/mol. The van der Waals surface area contributed by atoms with Crippen molar-refractivity contribution in [3.63, 3.8) is 0 Å². The van der Waals surface area contributed by atoms with Crippen LogP contribution in [0, 0.1) is 0 Å². The first-order chi connectivity index (χ1) is 40.6. The molecule has 0 radical (unpaired) electrons. The van der Waals surface area contributed by atoms with E-state index in [0.717, 1.165) is 106 Å². The molecule has 0 saturated heterocycles. The summed E-state index contributed by atoms with van der Waals surface area (Å²) in [5.41, 5.74) is 14.5. The highest BCUT2D eigenvalue weighted by molar-refractivity contribution is 7.25. The summed E-state index contributed by atoms with van der Waals surface area (Å²) in [6.07, 6.45) is 0. The Morgan fingerprint density at radius 3 is 1.21 bits per heavy atom. The van der Waals surface area contributed by atoms with Gasteiger partial charge in [0, 0.05) is 69.2 Å². The van der Waals surface area contributed by atoms with E-state index >= 15 is 0 Å². The maximum Gasteiger partial charge on any atom is 0.235 e. The number of hydrogen-bond acceptors (Lipinski definition) is 7. The van der Waals surface area contributed by atoms with Crippen molar-refractivity contribution in [3.8, 4) is 74.3 Å². The van der Waals surface area contributed by atoms with Gasteiger partial charge in [-0.1, -0.05) is 170 Å². The van der Waals surface area contributed by atoms with Gasteiger partial charge in [-0.05, 0) is 91.0 Å². The van der Waals surface area contributed by atoms with Crippen LogP contribution in [0.25, 0.3) is 160 Å². The molecule has 82 heavy (non-hydrogen) atoms. The third-order valence-corrected chi connectivity index (χ3v) is 17.1. The van der Waals surface area contributed by atoms with Gasteiger partial charge < -0.3 is 0 Å². The molecule has 382 valence electrons. The van der Waals surface area contributed by atoms with Crippen molar-refractivity contribution in [1.29, 1.82) is 0 Å². The van der Waals surface area contributed by atoms with E-state index in [1.807, 2.05) is 65.9 Å². The molecule has 0 aliphatic carbocycles. The third-order valence-electron chi connectivity index (χ3n) is 15.9. The molecule has 0 N–H and O–H groups in total. The van der Waals surface area contributed by atoms with Crippen molar-refractivity contribution < 1.29 is 0 Å². The quantitative estimate of drug-likeness (QED) is 0.151. The summed E-state index contributed by atoms with van der Waals surface area (Å²) in [6.45, 7) is 0. The highest BCUT2D eigenvalue weighted by atomic mass is 32.1. The second-order valence-electron chi connectivity index (χ2n) is 20.7. The van der Waals surface area contributed by atoms with Crippen molar-refractivity contribution >= 4 is 96.9 Å². The second-order valence-corrected chi connectivity index (χ2v) is 21.8. The number of aromatic nitrogens is 9. The van der Waals surface area contributed by atoms with E-state index in [2.05, 4.69) is 220 Å². The Bertz CT molecular complexity index is 5370. The zero-order chi connectivity index (χ0) is 53.8. The van der Waals surface area contributed by atoms with Crippen molar-refractivity contribution in [1.82, 2.24) is 43.6 Å². The van der Waals surface area contributed by atoms with Crippen molar-refractivity contribution in [2.45, 2.75) is 0 Å². The summed E-state index contributed by atoms with van der Waals surface area (Å²) < 4.78 is 9.20. The van der Waals surface area contributed by atoms with Crippen LogP contribution in [0.3, 0.4) is 0 Å². The standard InChI is InChI=1S/C72H43N9S/c1-3-19-44(20-4-1)58-42-60(46-37-38-69-54(39-46)51-27-11-16-35-68(51)82-69)77-71(75-58)80-64-33-14-9-25-49(64)52-41-67-53(40-66(52)80)50-26-10-15-34-65(50)81(67)72-76-59(45-21-5-2-6-22-45)43-61(78-72)57-29-17-28-55(73-57)56-30-18-36-70(74-56)79-62-31-12-7-23-47(62)48-24-8-13-32-63(48)79/h1-43H. The number of hydrogen-bond donors (Lipinski definition) is 0. The number of benzene rings is 9. The average molecular weight is 1070 g/mol. The summed E-state index contributed by atoms with van der Waals surface area (Å²) in [6, 6.07) is 91.2. The van der Waals surface area contributed by atoms with Gasteiger partial charge in [-0.2, -0.15) is 0 Å². The number of thiophene rings is 1. The van der Waals surface area contributed by atoms with Gasteiger partial charge in [0.2, 0.25) is 11.9 Å². The van der Waals surface area contributed by atoms with E-state index in [4.69, 9.17) is 29.9 Å². The van der Waals surface area contributed by atoms with Crippen LogP contribution in [-0.4, -0.2) is 43.6 Å². The molecule has 17 aromatic rings. The number of nitrogens with zero attached hydrogens (tertiary/aromatic N) is 9. The van der Waals surface area contributed by atoms with E-state index in [0.29, 0.717) is 23.3 Å². The first-order valence-electron chi connectivity index (χ1n) is 27.3. The zero-order valence-electron chi connectivity index (χ0n) is 43.8. The average Bonchev–Trinajstić information content (AvgIpc) is 4.46. The Kier molecular flexibility index (Phi) is 10.3. The molecule has 8 aromatic heterocycles. The number of rotatable bonds is 8. The minimum atomic E-state index is 0.531. The molecule has 0 saturated carbocycles. The summed E-state index contributed by atoms with van der Waals surface area (Å²) in [5, 5.41) is 9.09. The lowest BCUT2D eigenvalue weighted by atomic mass is 10.0. The van der Waals surface area contributed by atoms with Crippen molar-refractivity contribution in [2.24, 2.45) is 0 Å². The first kappa shape index (κ1) is 46.0. The lowest BCUT2D eigenvalue weighted by Gasteiger charge is -2.13. The molecule has 10 heteroatoms. The number of fused-ring (bicyclic) bond motifs is 12. The topological polar surface area (TPSA) is 92.1 Å². The Morgan fingerprint density at radius 2 is 0.634 bits per heavy atom. The van der Waals surface area contributed by atoms with Crippen LogP contribution >= 0.6 is 11.3 Å². The van der Waals surface area contributed by atoms with Crippen molar-refractivity contribution in [3.05, 3.63) is 261 Å². The van der Waals surface area contributed by atoms with Crippen LogP contribution in [0.4, 0.5) is 0 Å². The molecule has 0 aliphatic heterocycles. The van der Waals surface area contributed by atoms with E-state index in [1.165, 1.54) is 30.9 Å². The predicted molar refractivity (Wildman–Crippen MR) is 336 cm³/mol. The molecule has 0 atom stereocenters. The molecular formula is C72H43N9S. The zero-order valence-corrected chi connectivity index (χ0v) is 44.6. The van der Waals surface area contributed by atoms with Gasteiger partial charge in [-0.3, -0.25) is 13.7 Å². The van der Waals surface area contributed by atoms with Crippen molar-refractivity contribution in [2.75, 3.05) is 0 Å². The molecule has 0 fully saturated rings. The van der Waals surface area contributed by atoms with Crippen LogP contribution in [0.15, 0.2) is 261 Å². The maximum absolute atomic E-state index is 5.50. The van der Waals surface area contributed by atoms with E-state index in [9.17, 15) is 0 Å². The largest absolute Gasteiger partial charge is 0.294 e. The van der Waals surface area contributed by atoms with Gasteiger partial charge >= 0.3 is 0 Å². The Labute approximate surface area is 473 Å². The van der Waals surface area contributed by atoms with Gasteiger partial charge in [0.05, 0.1) is 73.0 Å². The Balaban J connectivity index is 0.847. The highest BCUT2D eigenvalue weighted by Gasteiger charge is 2.24. The fourth-order valence-corrected chi connectivity index (χ4v) is 13.3. The maximum atomic E-state index is 5.50. The molecule has 9 nitrogen and oxygen atoms in total. The summed E-state index contributed by atoms with van der Waals surface area (Å²) in [5.74, 6) is 1.94. The van der Waals surface area contributed by atoms with Gasteiger partial charge in [0.25, 0.3) is 0 Å². The molecule has 0 amide bonds. The van der Waals surface area contributed by atoms with Crippen LogP contribution in [0.5, 0.6) is 0 Å². The lowest BCUT2D eigenvalue weighted by Crippen LogP contribution is -2.05. The molecule has 17 rings (SSSR count). The predicted octanol–water partition coefficient (Wildman–Crippen LogP) is 18.1. The highest BCUT2D eigenvalue weighted by Crippen LogP contribution is 2.42. The fraction of sp³-hybridized carbons (Fsp3) is 0. The Hall–Kier alpha value is -10.9. The molecular weight excluding hydrogens is 1020 g/mol. The molecule has 0 aliphatic rings. The number of pyridine rings is 2. The van der Waals surface area contributed by atoms with Crippen LogP contribution in [0.1, 0.15) is 0 Å². The van der Waals surface area contributed by atoms with E-state index in [-0.39, 0.29) is 0 Å². The van der Waals surface area contributed by atoms with Gasteiger partial charge in [-0.25, -0.2) is 29.9 Å². The van der Waals surface area contributed by atoms with Gasteiger partial charge in [-0.15, -0.1) is 11.3 Å². The molecule has 0 unspecified atom stereocenters. The van der Waals surface area contributed by atoms with E-state index < -0.39 is 0 Å². The minimum absolute atomic E-state index is 0.531. The normalized spacial score (nSPS) is 11.9. The molecule has 9 aromatic carbocycles. The molecule has 0 spiro atoms. The van der Waals surface area contributed by atoms with E-state index in [1.54, 1.807) is 0 Å². The lowest BCUT2D eigenvalue weighted by molar-refractivity contribution is 0.990. The summed E-state index contributed by atoms with van der Waals surface area (Å²) in [4.78, 5) is 32.5. The Morgan fingerprint density at radius 1 is 0.220 bits per heavy atom.